The summed E-state index contributed by atoms with van der Waals surface area (Å²) >= 11 is 5.61. The van der Waals surface area contributed by atoms with Crippen LogP contribution in [0.3, 0.4) is 0 Å². The molecule has 6 heteroatoms. The van der Waals surface area contributed by atoms with E-state index in [0.29, 0.717) is 31.7 Å². The van der Waals surface area contributed by atoms with Crippen molar-refractivity contribution in [2.45, 2.75) is 6.92 Å². The molecule has 0 aliphatic carbocycles. The Bertz CT molecular complexity index is 513. The second-order valence-corrected chi connectivity index (χ2v) is 6.52. The lowest BCUT2D eigenvalue weighted by Gasteiger charge is -2.34. The minimum Gasteiger partial charge on any atom is -0.339 e. The summed E-state index contributed by atoms with van der Waals surface area (Å²) in [5, 5.41) is 0. The Kier molecular flexibility index (Phi) is 4.83. The third-order valence-electron chi connectivity index (χ3n) is 3.17. The molecular weight excluding hydrogens is 423 g/mol. The van der Waals surface area contributed by atoms with E-state index in [1.54, 1.807) is 16.7 Å². The summed E-state index contributed by atoms with van der Waals surface area (Å²) in [6, 6.07) is 5.72. The average molecular weight is 437 g/mol. The van der Waals surface area contributed by atoms with Crippen LogP contribution in [0.15, 0.2) is 22.7 Å². The third kappa shape index (κ3) is 3.47. The van der Waals surface area contributed by atoms with E-state index in [-0.39, 0.29) is 11.8 Å². The molecule has 1 aromatic carbocycles. The molecule has 4 nitrogen and oxygen atoms in total. The van der Waals surface area contributed by atoms with Crippen molar-refractivity contribution in [2.24, 2.45) is 0 Å². The van der Waals surface area contributed by atoms with E-state index in [0.717, 1.165) is 8.04 Å². The van der Waals surface area contributed by atoms with Gasteiger partial charge < -0.3 is 9.80 Å². The first-order chi connectivity index (χ1) is 8.99. The first-order valence-electron chi connectivity index (χ1n) is 5.99. The molecule has 0 saturated carbocycles. The van der Waals surface area contributed by atoms with Crippen LogP contribution in [0, 0.1) is 3.57 Å². The topological polar surface area (TPSA) is 40.6 Å². The number of benzene rings is 1. The van der Waals surface area contributed by atoms with Gasteiger partial charge in [-0.2, -0.15) is 0 Å². The molecule has 1 aromatic rings. The highest BCUT2D eigenvalue weighted by molar-refractivity contribution is 14.1. The summed E-state index contributed by atoms with van der Waals surface area (Å²) in [5.41, 5.74) is 0.683. The third-order valence-corrected chi connectivity index (χ3v) is 4.53. The number of carbonyl (C=O) groups excluding carboxylic acids is 2. The summed E-state index contributed by atoms with van der Waals surface area (Å²) in [4.78, 5) is 27.3. The predicted molar refractivity (Wildman–Crippen MR) is 85.0 cm³/mol. The van der Waals surface area contributed by atoms with Gasteiger partial charge in [-0.15, -0.1) is 0 Å². The van der Waals surface area contributed by atoms with Gasteiger partial charge in [0.2, 0.25) is 5.91 Å². The molecule has 1 heterocycles. The lowest BCUT2D eigenvalue weighted by atomic mass is 10.2. The van der Waals surface area contributed by atoms with E-state index in [9.17, 15) is 9.59 Å². The van der Waals surface area contributed by atoms with Gasteiger partial charge in [-0.1, -0.05) is 0 Å². The van der Waals surface area contributed by atoms with Gasteiger partial charge in [0.1, 0.15) is 0 Å². The van der Waals surface area contributed by atoms with Crippen molar-refractivity contribution in [3.05, 3.63) is 31.8 Å². The molecule has 0 radical (unpaired) electrons. The van der Waals surface area contributed by atoms with Crippen LogP contribution in [-0.4, -0.2) is 47.8 Å². The van der Waals surface area contributed by atoms with Gasteiger partial charge in [0.05, 0.1) is 5.56 Å². The summed E-state index contributed by atoms with van der Waals surface area (Å²) in [7, 11) is 0. The van der Waals surface area contributed by atoms with Crippen LogP contribution in [0.2, 0.25) is 0 Å². The number of carbonyl (C=O) groups is 2. The van der Waals surface area contributed by atoms with Gasteiger partial charge in [0.15, 0.2) is 0 Å². The van der Waals surface area contributed by atoms with E-state index in [2.05, 4.69) is 38.5 Å². The Morgan fingerprint density at radius 3 is 2.32 bits per heavy atom. The van der Waals surface area contributed by atoms with Gasteiger partial charge in [-0.25, -0.2) is 0 Å². The van der Waals surface area contributed by atoms with Crippen LogP contribution in [0.1, 0.15) is 17.3 Å². The maximum absolute atomic E-state index is 12.4. The van der Waals surface area contributed by atoms with Crippen molar-refractivity contribution in [1.29, 1.82) is 0 Å². The average Bonchev–Trinajstić information content (AvgIpc) is 2.41. The maximum atomic E-state index is 12.4. The summed E-state index contributed by atoms with van der Waals surface area (Å²) < 4.78 is 1.85. The highest BCUT2D eigenvalue weighted by atomic mass is 127. The minimum atomic E-state index is 0.0218. The second kappa shape index (κ2) is 6.21. The molecule has 1 aliphatic heterocycles. The number of amides is 2. The van der Waals surface area contributed by atoms with Crippen LogP contribution < -0.4 is 0 Å². The zero-order valence-electron chi connectivity index (χ0n) is 10.5. The summed E-state index contributed by atoms with van der Waals surface area (Å²) in [6.45, 7) is 3.98. The van der Waals surface area contributed by atoms with Crippen molar-refractivity contribution in [3.63, 3.8) is 0 Å². The number of nitrogens with zero attached hydrogens (tertiary/aromatic N) is 2. The molecule has 0 spiro atoms. The lowest BCUT2D eigenvalue weighted by Crippen LogP contribution is -2.50. The second-order valence-electron chi connectivity index (χ2n) is 4.42. The Morgan fingerprint density at radius 2 is 1.74 bits per heavy atom. The first-order valence-corrected chi connectivity index (χ1v) is 7.86. The largest absolute Gasteiger partial charge is 0.339 e. The number of hydrogen-bond donors (Lipinski definition) is 0. The van der Waals surface area contributed by atoms with Gasteiger partial charge in [-0.3, -0.25) is 9.59 Å². The lowest BCUT2D eigenvalue weighted by molar-refractivity contribution is -0.130. The molecule has 2 rings (SSSR count). The molecule has 0 N–H and O–H groups in total. The van der Waals surface area contributed by atoms with Crippen LogP contribution in [0.25, 0.3) is 0 Å². The highest BCUT2D eigenvalue weighted by Gasteiger charge is 2.24. The fraction of sp³-hybridized carbons (Fsp3) is 0.385. The number of rotatable bonds is 1. The van der Waals surface area contributed by atoms with E-state index in [4.69, 9.17) is 0 Å². The highest BCUT2D eigenvalue weighted by Crippen LogP contribution is 2.21. The van der Waals surface area contributed by atoms with Crippen LogP contribution in [-0.2, 0) is 4.79 Å². The normalized spacial score (nSPS) is 15.5. The molecule has 19 heavy (non-hydrogen) atoms. The van der Waals surface area contributed by atoms with Gasteiger partial charge in [0.25, 0.3) is 5.91 Å². The zero-order valence-corrected chi connectivity index (χ0v) is 14.3. The molecule has 2 amide bonds. The van der Waals surface area contributed by atoms with E-state index >= 15 is 0 Å². The van der Waals surface area contributed by atoms with Crippen molar-refractivity contribution >= 4 is 50.3 Å². The van der Waals surface area contributed by atoms with Crippen LogP contribution >= 0.6 is 38.5 Å². The minimum absolute atomic E-state index is 0.0218. The van der Waals surface area contributed by atoms with E-state index < -0.39 is 0 Å². The number of halogens is 2. The van der Waals surface area contributed by atoms with Crippen molar-refractivity contribution in [2.75, 3.05) is 26.2 Å². The summed E-state index contributed by atoms with van der Waals surface area (Å²) in [6.07, 6.45) is 0. The van der Waals surface area contributed by atoms with Crippen molar-refractivity contribution < 1.29 is 9.59 Å². The number of hydrogen-bond acceptors (Lipinski definition) is 2. The number of piperazine rings is 1. The molecular formula is C13H14BrIN2O2. The van der Waals surface area contributed by atoms with Gasteiger partial charge >= 0.3 is 0 Å². The Balaban J connectivity index is 2.09. The monoisotopic (exact) mass is 436 g/mol. The van der Waals surface area contributed by atoms with Gasteiger partial charge in [-0.05, 0) is 56.7 Å². The zero-order chi connectivity index (χ0) is 14.0. The molecule has 0 unspecified atom stereocenters. The summed E-state index contributed by atoms with van der Waals surface area (Å²) in [5.74, 6) is 0.0936. The van der Waals surface area contributed by atoms with Crippen LogP contribution in [0.5, 0.6) is 0 Å². The van der Waals surface area contributed by atoms with E-state index in [1.807, 2.05) is 18.2 Å². The molecule has 0 aromatic heterocycles. The first kappa shape index (κ1) is 14.8. The molecule has 102 valence electrons. The predicted octanol–water partition coefficient (Wildman–Crippen LogP) is 2.36. The van der Waals surface area contributed by atoms with E-state index in [1.165, 1.54) is 0 Å². The van der Waals surface area contributed by atoms with Crippen molar-refractivity contribution in [1.82, 2.24) is 9.80 Å². The molecule has 1 saturated heterocycles. The van der Waals surface area contributed by atoms with Gasteiger partial charge in [0, 0.05) is 41.1 Å². The molecule has 0 atom stereocenters. The SMILES string of the molecule is CC(=O)N1CCN(C(=O)c2cc(I)ccc2Br)CC1. The fourth-order valence-corrected chi connectivity index (χ4v) is 2.96. The Morgan fingerprint density at radius 1 is 1.16 bits per heavy atom. The van der Waals surface area contributed by atoms with Crippen molar-refractivity contribution in [3.8, 4) is 0 Å². The standard InChI is InChI=1S/C13H14BrIN2O2/c1-9(18)16-4-6-17(7-5-16)13(19)11-8-10(15)2-3-12(11)14/h2-3,8H,4-7H2,1H3. The Labute approximate surface area is 134 Å². The fourth-order valence-electron chi connectivity index (χ4n) is 2.06. The molecule has 1 fully saturated rings. The maximum Gasteiger partial charge on any atom is 0.255 e. The smallest absolute Gasteiger partial charge is 0.255 e. The quantitative estimate of drug-likeness (QED) is 0.634. The Hall–Kier alpha value is -0.630. The molecule has 1 aliphatic rings. The molecule has 0 bridgehead atoms. The van der Waals surface area contributed by atoms with Crippen LogP contribution in [0.4, 0.5) is 0 Å².